The van der Waals surface area contributed by atoms with Crippen molar-refractivity contribution >= 4 is 11.7 Å². The fourth-order valence-corrected chi connectivity index (χ4v) is 3.27. The molecule has 1 N–H and O–H groups in total. The summed E-state index contributed by atoms with van der Waals surface area (Å²) < 4.78 is 13.5. The van der Waals surface area contributed by atoms with Gasteiger partial charge in [0.1, 0.15) is 11.9 Å². The summed E-state index contributed by atoms with van der Waals surface area (Å²) in [6, 6.07) is 3.98. The first-order valence-electron chi connectivity index (χ1n) is 6.55. The Morgan fingerprint density at radius 2 is 2.16 bits per heavy atom. The minimum atomic E-state index is -0.891. The average molecular weight is 265 g/mol. The number of hydrogen-bond donors (Lipinski definition) is 1. The molecule has 0 fully saturated rings. The monoisotopic (exact) mass is 265 g/mol. The molecule has 0 amide bonds. The Hall–Kier alpha value is -1.58. The van der Waals surface area contributed by atoms with E-state index in [9.17, 15) is 14.3 Å². The van der Waals surface area contributed by atoms with Gasteiger partial charge >= 0.3 is 5.97 Å². The molecule has 3 nitrogen and oxygen atoms in total. The minimum Gasteiger partial charge on any atom is -0.480 e. The van der Waals surface area contributed by atoms with Crippen LogP contribution in [0.25, 0.3) is 0 Å². The largest absolute Gasteiger partial charge is 0.480 e. The van der Waals surface area contributed by atoms with Crippen molar-refractivity contribution in [2.45, 2.75) is 51.6 Å². The first kappa shape index (κ1) is 13.8. The summed E-state index contributed by atoms with van der Waals surface area (Å²) >= 11 is 0. The third-order valence-corrected chi connectivity index (χ3v) is 3.99. The number of nitrogens with zero attached hydrogens (tertiary/aromatic N) is 1. The molecule has 1 heterocycles. The molecule has 1 aliphatic rings. The molecular weight excluding hydrogens is 245 g/mol. The van der Waals surface area contributed by atoms with E-state index in [4.69, 9.17) is 0 Å². The molecule has 0 radical (unpaired) electrons. The Morgan fingerprint density at radius 1 is 1.53 bits per heavy atom. The van der Waals surface area contributed by atoms with Gasteiger partial charge in [0.2, 0.25) is 0 Å². The fraction of sp³-hybridized carbons (Fsp3) is 0.533. The number of halogens is 1. The fourth-order valence-electron chi connectivity index (χ4n) is 3.27. The highest BCUT2D eigenvalue weighted by molar-refractivity contribution is 5.79. The number of carboxylic acids is 1. The predicted octanol–water partition coefficient (Wildman–Crippen LogP) is 3.39. The summed E-state index contributed by atoms with van der Waals surface area (Å²) in [6.07, 6.45) is 0.850. The van der Waals surface area contributed by atoms with E-state index in [1.165, 1.54) is 12.1 Å². The van der Waals surface area contributed by atoms with Crippen molar-refractivity contribution in [3.05, 3.63) is 29.6 Å². The van der Waals surface area contributed by atoms with E-state index in [0.717, 1.165) is 12.0 Å². The lowest BCUT2D eigenvalue weighted by molar-refractivity contribution is -0.138. The van der Waals surface area contributed by atoms with E-state index in [-0.39, 0.29) is 11.4 Å². The van der Waals surface area contributed by atoms with Crippen LogP contribution in [-0.4, -0.2) is 22.7 Å². The molecule has 4 heteroatoms. The quantitative estimate of drug-likeness (QED) is 0.891. The van der Waals surface area contributed by atoms with Crippen LogP contribution < -0.4 is 4.90 Å². The number of benzene rings is 1. The van der Waals surface area contributed by atoms with Gasteiger partial charge in [-0.05, 0) is 50.8 Å². The number of aliphatic carboxylic acids is 1. The van der Waals surface area contributed by atoms with Gasteiger partial charge in [-0.1, -0.05) is 13.0 Å². The van der Waals surface area contributed by atoms with Crippen LogP contribution in [0, 0.1) is 5.82 Å². The molecule has 1 aromatic rings. The molecule has 0 aromatic heterocycles. The van der Waals surface area contributed by atoms with Gasteiger partial charge in [0, 0.05) is 11.2 Å². The average Bonchev–Trinajstić information content (AvgIpc) is 2.26. The normalized spacial score (nSPS) is 22.8. The molecule has 0 unspecified atom stereocenters. The lowest BCUT2D eigenvalue weighted by Gasteiger charge is -2.49. The first-order chi connectivity index (χ1) is 8.74. The van der Waals surface area contributed by atoms with Crippen molar-refractivity contribution in [2.75, 3.05) is 4.90 Å². The second-order valence-electron chi connectivity index (χ2n) is 6.00. The van der Waals surface area contributed by atoms with E-state index in [1.807, 2.05) is 18.7 Å². The first-order valence-corrected chi connectivity index (χ1v) is 6.55. The molecule has 19 heavy (non-hydrogen) atoms. The number of hydrogen-bond acceptors (Lipinski definition) is 2. The molecule has 2 rings (SSSR count). The summed E-state index contributed by atoms with van der Waals surface area (Å²) in [5.74, 6) is -0.924. The highest BCUT2D eigenvalue weighted by Gasteiger charge is 2.40. The van der Waals surface area contributed by atoms with E-state index in [1.54, 1.807) is 13.0 Å². The Bertz CT molecular complexity index is 513. The van der Waals surface area contributed by atoms with Crippen LogP contribution in [0.1, 0.15) is 45.6 Å². The molecule has 0 spiro atoms. The molecule has 0 saturated heterocycles. The van der Waals surface area contributed by atoms with Crippen molar-refractivity contribution in [2.24, 2.45) is 0 Å². The summed E-state index contributed by atoms with van der Waals surface area (Å²) in [5.41, 5.74) is 1.42. The van der Waals surface area contributed by atoms with Crippen LogP contribution in [0.4, 0.5) is 10.1 Å². The lowest BCUT2D eigenvalue weighted by Crippen LogP contribution is -2.55. The maximum Gasteiger partial charge on any atom is 0.326 e. The van der Waals surface area contributed by atoms with Crippen molar-refractivity contribution < 1.29 is 14.3 Å². The Labute approximate surface area is 113 Å². The smallest absolute Gasteiger partial charge is 0.326 e. The third kappa shape index (κ3) is 2.31. The number of carboxylic acid groups (broad SMARTS) is 1. The Kier molecular flexibility index (Phi) is 3.29. The topological polar surface area (TPSA) is 40.5 Å². The van der Waals surface area contributed by atoms with Crippen molar-refractivity contribution in [3.63, 3.8) is 0 Å². The van der Waals surface area contributed by atoms with Gasteiger partial charge in [-0.15, -0.1) is 0 Å². The zero-order valence-corrected chi connectivity index (χ0v) is 11.8. The highest BCUT2D eigenvalue weighted by atomic mass is 19.1. The van der Waals surface area contributed by atoms with Crippen LogP contribution in [0.5, 0.6) is 0 Å². The maximum absolute atomic E-state index is 13.5. The van der Waals surface area contributed by atoms with Gasteiger partial charge in [0.05, 0.1) is 0 Å². The zero-order chi connectivity index (χ0) is 14.4. The maximum atomic E-state index is 13.5. The molecule has 0 bridgehead atoms. The molecule has 2 atom stereocenters. The summed E-state index contributed by atoms with van der Waals surface area (Å²) in [7, 11) is 0. The van der Waals surface area contributed by atoms with Gasteiger partial charge in [-0.3, -0.25) is 0 Å². The van der Waals surface area contributed by atoms with Crippen LogP contribution in [0.15, 0.2) is 18.2 Å². The summed E-state index contributed by atoms with van der Waals surface area (Å²) in [6.45, 7) is 7.77. The van der Waals surface area contributed by atoms with Gasteiger partial charge < -0.3 is 10.0 Å². The number of rotatable bonds is 2. The highest BCUT2D eigenvalue weighted by Crippen LogP contribution is 2.44. The number of anilines is 1. The Morgan fingerprint density at radius 3 is 2.74 bits per heavy atom. The third-order valence-electron chi connectivity index (χ3n) is 3.99. The molecule has 0 saturated carbocycles. The molecule has 1 aromatic carbocycles. The van der Waals surface area contributed by atoms with E-state index in [0.29, 0.717) is 11.6 Å². The van der Waals surface area contributed by atoms with E-state index < -0.39 is 12.0 Å². The predicted molar refractivity (Wildman–Crippen MR) is 73.1 cm³/mol. The van der Waals surface area contributed by atoms with Crippen LogP contribution >= 0.6 is 0 Å². The SMILES string of the molecule is C[C@@H]1CC(C)(C)N([C@H](C)C(=O)O)c2cc(F)ccc21. The molecule has 104 valence electrons. The minimum absolute atomic E-state index is 0.294. The van der Waals surface area contributed by atoms with Crippen LogP contribution in [-0.2, 0) is 4.79 Å². The number of carbonyl (C=O) groups is 1. The van der Waals surface area contributed by atoms with Crippen LogP contribution in [0.3, 0.4) is 0 Å². The van der Waals surface area contributed by atoms with Gasteiger partial charge in [-0.2, -0.15) is 0 Å². The van der Waals surface area contributed by atoms with Gasteiger partial charge in [-0.25, -0.2) is 9.18 Å². The standard InChI is InChI=1S/C15H20FNO2/c1-9-8-15(3,4)17(10(2)14(18)19)13-7-11(16)5-6-12(9)13/h5-7,9-10H,8H2,1-4H3,(H,18,19)/t9-,10-/m1/s1. The molecule has 1 aliphatic heterocycles. The summed E-state index contributed by atoms with van der Waals surface area (Å²) in [5, 5.41) is 9.29. The lowest BCUT2D eigenvalue weighted by atomic mass is 9.79. The second-order valence-corrected chi connectivity index (χ2v) is 6.00. The van der Waals surface area contributed by atoms with Gasteiger partial charge in [0.25, 0.3) is 0 Å². The van der Waals surface area contributed by atoms with Crippen LogP contribution in [0.2, 0.25) is 0 Å². The van der Waals surface area contributed by atoms with Gasteiger partial charge in [0.15, 0.2) is 0 Å². The molecule has 0 aliphatic carbocycles. The van der Waals surface area contributed by atoms with Crippen molar-refractivity contribution in [1.29, 1.82) is 0 Å². The number of fused-ring (bicyclic) bond motifs is 1. The van der Waals surface area contributed by atoms with E-state index in [2.05, 4.69) is 6.92 Å². The van der Waals surface area contributed by atoms with Crippen molar-refractivity contribution in [3.8, 4) is 0 Å². The zero-order valence-electron chi connectivity index (χ0n) is 11.8. The Balaban J connectivity index is 2.60. The van der Waals surface area contributed by atoms with E-state index >= 15 is 0 Å². The van der Waals surface area contributed by atoms with Crippen molar-refractivity contribution in [1.82, 2.24) is 0 Å². The molecular formula is C15H20FNO2. The summed E-state index contributed by atoms with van der Waals surface area (Å²) in [4.78, 5) is 13.2. The second kappa shape index (κ2) is 4.51.